The van der Waals surface area contributed by atoms with E-state index in [-0.39, 0.29) is 5.78 Å². The van der Waals surface area contributed by atoms with Gasteiger partial charge in [0.15, 0.2) is 5.78 Å². The maximum Gasteiger partial charge on any atom is 0.152 e. The summed E-state index contributed by atoms with van der Waals surface area (Å²) in [6.45, 7) is 13.2. The van der Waals surface area contributed by atoms with Crippen LogP contribution in [0.15, 0.2) is 12.2 Å². The molecule has 0 bridgehead atoms. The van der Waals surface area contributed by atoms with Crippen molar-refractivity contribution in [3.05, 3.63) is 12.2 Å². The molecule has 0 radical (unpaired) electrons. The zero-order valence-corrected chi connectivity index (χ0v) is 11.6. The Balaban J connectivity index is 2.93. The second kappa shape index (κ2) is 4.35. The van der Waals surface area contributed by atoms with Crippen molar-refractivity contribution >= 4 is 5.78 Å². The fourth-order valence-electron chi connectivity index (χ4n) is 3.02. The molecule has 0 spiro atoms. The molecule has 1 fully saturated rings. The minimum absolute atomic E-state index is 0.162. The quantitative estimate of drug-likeness (QED) is 0.639. The first-order valence-corrected chi connectivity index (χ1v) is 6.33. The van der Waals surface area contributed by atoms with Crippen molar-refractivity contribution in [1.82, 2.24) is 0 Å². The molecule has 1 saturated carbocycles. The van der Waals surface area contributed by atoms with E-state index in [0.29, 0.717) is 22.7 Å². The highest BCUT2D eigenvalue weighted by Gasteiger charge is 2.44. The molecule has 0 saturated heterocycles. The fourth-order valence-corrected chi connectivity index (χ4v) is 3.02. The Morgan fingerprint density at radius 2 is 1.88 bits per heavy atom. The van der Waals surface area contributed by atoms with Crippen molar-refractivity contribution in [1.29, 1.82) is 0 Å². The molecular formula is C15H26O. The highest BCUT2D eigenvalue weighted by molar-refractivity contribution is 5.87. The summed E-state index contributed by atoms with van der Waals surface area (Å²) in [4.78, 5) is 11.1. The number of hydrogen-bond acceptors (Lipinski definition) is 1. The lowest BCUT2D eigenvalue weighted by molar-refractivity contribution is -0.112. The van der Waals surface area contributed by atoms with Crippen molar-refractivity contribution in [3.8, 4) is 0 Å². The predicted octanol–water partition coefficient (Wildman–Crippen LogP) is 4.23. The van der Waals surface area contributed by atoms with Gasteiger partial charge in [-0.1, -0.05) is 40.7 Å². The molecule has 0 heterocycles. The van der Waals surface area contributed by atoms with E-state index in [0.717, 1.165) is 0 Å². The van der Waals surface area contributed by atoms with Crippen LogP contribution in [0.25, 0.3) is 0 Å². The SMILES string of the molecule is CC(=O)/C=C/[C@H]1[C@@H](C(C)(C)C)CCC1(C)C. The number of rotatable bonds is 2. The van der Waals surface area contributed by atoms with E-state index in [4.69, 9.17) is 0 Å². The van der Waals surface area contributed by atoms with E-state index in [1.165, 1.54) is 12.8 Å². The minimum Gasteiger partial charge on any atom is -0.295 e. The largest absolute Gasteiger partial charge is 0.295 e. The van der Waals surface area contributed by atoms with Gasteiger partial charge in [-0.25, -0.2) is 0 Å². The van der Waals surface area contributed by atoms with Crippen LogP contribution in [0.4, 0.5) is 0 Å². The van der Waals surface area contributed by atoms with Gasteiger partial charge in [0.25, 0.3) is 0 Å². The lowest BCUT2D eigenvalue weighted by atomic mass is 9.69. The third-order valence-electron chi connectivity index (χ3n) is 4.09. The van der Waals surface area contributed by atoms with Crippen LogP contribution in [0.2, 0.25) is 0 Å². The Kier molecular flexibility index (Phi) is 3.66. The molecule has 16 heavy (non-hydrogen) atoms. The van der Waals surface area contributed by atoms with Gasteiger partial charge in [0, 0.05) is 0 Å². The molecule has 1 nitrogen and oxygen atoms in total. The number of carbonyl (C=O) groups excluding carboxylic acids is 1. The standard InChI is InChI=1S/C15H26O/c1-11(16)7-8-13-12(14(2,3)4)9-10-15(13,5)6/h7-8,12-13H,9-10H2,1-6H3/b8-7+/t12-,13-/m0/s1. The second-order valence-corrected chi connectivity index (χ2v) is 7.00. The number of hydrogen-bond donors (Lipinski definition) is 0. The van der Waals surface area contributed by atoms with Gasteiger partial charge >= 0.3 is 0 Å². The summed E-state index contributed by atoms with van der Waals surface area (Å²) in [6.07, 6.45) is 6.47. The van der Waals surface area contributed by atoms with Crippen molar-refractivity contribution in [3.63, 3.8) is 0 Å². The van der Waals surface area contributed by atoms with Gasteiger partial charge in [0.1, 0.15) is 0 Å². The summed E-state index contributed by atoms with van der Waals surface area (Å²) < 4.78 is 0. The maximum atomic E-state index is 11.1. The van der Waals surface area contributed by atoms with Crippen molar-refractivity contribution in [2.24, 2.45) is 22.7 Å². The van der Waals surface area contributed by atoms with E-state index >= 15 is 0 Å². The Bertz CT molecular complexity index is 291. The second-order valence-electron chi connectivity index (χ2n) is 7.00. The predicted molar refractivity (Wildman–Crippen MR) is 69.3 cm³/mol. The van der Waals surface area contributed by atoms with Crippen molar-refractivity contribution in [2.75, 3.05) is 0 Å². The molecule has 1 aliphatic rings. The normalized spacial score (nSPS) is 29.9. The molecule has 0 aromatic carbocycles. The fraction of sp³-hybridized carbons (Fsp3) is 0.800. The lowest BCUT2D eigenvalue weighted by Crippen LogP contribution is -2.28. The summed E-state index contributed by atoms with van der Waals surface area (Å²) in [7, 11) is 0. The molecule has 0 aliphatic heterocycles. The Hall–Kier alpha value is -0.590. The summed E-state index contributed by atoms with van der Waals surface area (Å²) in [5, 5.41) is 0. The lowest BCUT2D eigenvalue weighted by Gasteiger charge is -2.35. The van der Waals surface area contributed by atoms with Gasteiger partial charge in [0.05, 0.1) is 0 Å². The smallest absolute Gasteiger partial charge is 0.152 e. The van der Waals surface area contributed by atoms with E-state index < -0.39 is 0 Å². The van der Waals surface area contributed by atoms with Crippen LogP contribution in [-0.4, -0.2) is 5.78 Å². The Morgan fingerprint density at radius 3 is 2.31 bits per heavy atom. The molecule has 0 N–H and O–H groups in total. The molecule has 0 amide bonds. The van der Waals surface area contributed by atoms with Crippen LogP contribution in [0, 0.1) is 22.7 Å². The van der Waals surface area contributed by atoms with Gasteiger partial charge in [-0.05, 0) is 48.5 Å². The monoisotopic (exact) mass is 222 g/mol. The molecule has 0 unspecified atom stereocenters. The van der Waals surface area contributed by atoms with Crippen LogP contribution in [0.3, 0.4) is 0 Å². The third kappa shape index (κ3) is 2.96. The first kappa shape index (κ1) is 13.5. The summed E-state index contributed by atoms with van der Waals surface area (Å²) in [5.74, 6) is 1.39. The van der Waals surface area contributed by atoms with Gasteiger partial charge in [-0.2, -0.15) is 0 Å². The first-order chi connectivity index (χ1) is 7.14. The molecule has 92 valence electrons. The van der Waals surface area contributed by atoms with E-state index in [2.05, 4.69) is 40.7 Å². The first-order valence-electron chi connectivity index (χ1n) is 6.33. The highest BCUT2D eigenvalue weighted by Crippen LogP contribution is 2.53. The third-order valence-corrected chi connectivity index (χ3v) is 4.09. The molecular weight excluding hydrogens is 196 g/mol. The molecule has 0 aromatic rings. The van der Waals surface area contributed by atoms with Crippen molar-refractivity contribution < 1.29 is 4.79 Å². The average Bonchev–Trinajstić information content (AvgIpc) is 2.36. The highest BCUT2D eigenvalue weighted by atomic mass is 16.1. The zero-order chi connectivity index (χ0) is 12.6. The average molecular weight is 222 g/mol. The van der Waals surface area contributed by atoms with E-state index in [1.807, 2.05) is 0 Å². The summed E-state index contributed by atoms with van der Waals surface area (Å²) in [6, 6.07) is 0. The van der Waals surface area contributed by atoms with E-state index in [9.17, 15) is 4.79 Å². The van der Waals surface area contributed by atoms with Gasteiger partial charge < -0.3 is 0 Å². The number of carbonyl (C=O) groups is 1. The van der Waals surface area contributed by atoms with Crippen LogP contribution in [-0.2, 0) is 4.79 Å². The summed E-state index contributed by atoms with van der Waals surface area (Å²) in [5.41, 5.74) is 0.670. The van der Waals surface area contributed by atoms with Crippen molar-refractivity contribution in [2.45, 2.75) is 54.4 Å². The van der Waals surface area contributed by atoms with Crippen LogP contribution >= 0.6 is 0 Å². The Labute approximate surface area is 100 Å². The van der Waals surface area contributed by atoms with Crippen LogP contribution in [0.1, 0.15) is 54.4 Å². The molecule has 0 aromatic heterocycles. The maximum absolute atomic E-state index is 11.1. The Morgan fingerprint density at radius 1 is 1.31 bits per heavy atom. The minimum atomic E-state index is 0.162. The topological polar surface area (TPSA) is 17.1 Å². The van der Waals surface area contributed by atoms with E-state index in [1.54, 1.807) is 13.0 Å². The molecule has 1 heteroatoms. The van der Waals surface area contributed by atoms with Gasteiger partial charge in [-0.3, -0.25) is 4.79 Å². The summed E-state index contributed by atoms with van der Waals surface area (Å²) >= 11 is 0. The molecule has 2 atom stereocenters. The molecule has 1 aliphatic carbocycles. The number of ketones is 1. The van der Waals surface area contributed by atoms with Gasteiger partial charge in [-0.15, -0.1) is 0 Å². The van der Waals surface area contributed by atoms with Crippen LogP contribution in [0.5, 0.6) is 0 Å². The zero-order valence-electron chi connectivity index (χ0n) is 11.6. The molecule has 1 rings (SSSR count). The number of allylic oxidation sites excluding steroid dienone is 2. The van der Waals surface area contributed by atoms with Crippen LogP contribution < -0.4 is 0 Å². The van der Waals surface area contributed by atoms with Gasteiger partial charge in [0.2, 0.25) is 0 Å².